The first-order valence-corrected chi connectivity index (χ1v) is 20.6. The van der Waals surface area contributed by atoms with Crippen molar-refractivity contribution in [1.29, 1.82) is 0 Å². The Labute approximate surface area is 352 Å². The lowest BCUT2D eigenvalue weighted by atomic mass is 9.91. The van der Waals surface area contributed by atoms with Gasteiger partial charge < -0.3 is 4.42 Å². The van der Waals surface area contributed by atoms with Gasteiger partial charge in [0.2, 0.25) is 0 Å². The zero-order chi connectivity index (χ0) is 40.3. The highest BCUT2D eigenvalue weighted by Crippen LogP contribution is 2.42. The van der Waals surface area contributed by atoms with E-state index in [1.165, 1.54) is 32.8 Å². The zero-order valence-electron chi connectivity index (χ0n) is 33.0. The molecule has 0 aliphatic rings. The first-order chi connectivity index (χ1) is 30.2. The van der Waals surface area contributed by atoms with Crippen LogP contribution in [0.15, 0.2) is 217 Å². The SMILES string of the molecule is c1ccc(-c2cc(-c3cc(-c4nc(-c5ccc(-c6cccc7ccccc67)cc5)nc(-c5ccc6ccccc6c5)n4)c4c(c3)oc3ccccc34)cc3ccccc23)cc1. The van der Waals surface area contributed by atoms with E-state index in [0.717, 1.165) is 71.5 Å². The third-order valence-corrected chi connectivity index (χ3v) is 11.9. The van der Waals surface area contributed by atoms with E-state index in [1.807, 2.05) is 12.1 Å². The van der Waals surface area contributed by atoms with Crippen LogP contribution in [0.2, 0.25) is 0 Å². The molecule has 2 aromatic heterocycles. The molecule has 0 amide bonds. The van der Waals surface area contributed by atoms with E-state index in [9.17, 15) is 0 Å². The van der Waals surface area contributed by atoms with Crippen LogP contribution < -0.4 is 0 Å². The van der Waals surface area contributed by atoms with Gasteiger partial charge in [-0.1, -0.05) is 176 Å². The Bertz CT molecular complexity index is 3640. The fourth-order valence-electron chi connectivity index (χ4n) is 8.89. The smallest absolute Gasteiger partial charge is 0.164 e. The summed E-state index contributed by atoms with van der Waals surface area (Å²) in [4.78, 5) is 15.9. The summed E-state index contributed by atoms with van der Waals surface area (Å²) in [6.45, 7) is 0. The third-order valence-electron chi connectivity index (χ3n) is 11.9. The van der Waals surface area contributed by atoms with Crippen LogP contribution in [-0.4, -0.2) is 15.0 Å². The van der Waals surface area contributed by atoms with Crippen LogP contribution in [0, 0.1) is 0 Å². The van der Waals surface area contributed by atoms with Crippen LogP contribution in [0.25, 0.3) is 122 Å². The topological polar surface area (TPSA) is 51.8 Å². The maximum Gasteiger partial charge on any atom is 0.164 e. The summed E-state index contributed by atoms with van der Waals surface area (Å²) in [6, 6.07) is 74.7. The molecule has 0 aliphatic heterocycles. The molecule has 61 heavy (non-hydrogen) atoms. The van der Waals surface area contributed by atoms with Crippen molar-refractivity contribution in [2.75, 3.05) is 0 Å². The second-order valence-electron chi connectivity index (χ2n) is 15.6. The van der Waals surface area contributed by atoms with Crippen molar-refractivity contribution in [2.45, 2.75) is 0 Å². The van der Waals surface area contributed by atoms with E-state index in [4.69, 9.17) is 19.4 Å². The summed E-state index contributed by atoms with van der Waals surface area (Å²) < 4.78 is 6.67. The predicted octanol–water partition coefficient (Wildman–Crippen LogP) is 15.2. The lowest BCUT2D eigenvalue weighted by Gasteiger charge is -2.14. The highest BCUT2D eigenvalue weighted by Gasteiger charge is 2.21. The molecule has 0 spiro atoms. The number of furan rings is 1. The minimum Gasteiger partial charge on any atom is -0.456 e. The molecule has 0 fully saturated rings. The number of fused-ring (bicyclic) bond motifs is 6. The van der Waals surface area contributed by atoms with E-state index >= 15 is 0 Å². The standard InChI is InChI=1S/C57H35N3O/c1-2-14-38(15-3-1)50-33-44(32-42-18-7-9-21-48(42)50)45-34-51(54-49-22-10-11-24-52(49)61-53(54)35-45)57-59-55(58-56(60-57)43-30-25-36-13-4-5-17-41(36)31-43)40-28-26-39(27-29-40)47-23-12-19-37-16-6-8-20-46(37)47/h1-35H. The minimum absolute atomic E-state index is 0.578. The van der Waals surface area contributed by atoms with Gasteiger partial charge in [0.1, 0.15) is 11.2 Å². The van der Waals surface area contributed by atoms with E-state index in [2.05, 4.69) is 200 Å². The van der Waals surface area contributed by atoms with Gasteiger partial charge in [0.25, 0.3) is 0 Å². The molecule has 4 nitrogen and oxygen atoms in total. The Morgan fingerprint density at radius 3 is 1.62 bits per heavy atom. The number of nitrogens with zero attached hydrogens (tertiary/aromatic N) is 3. The maximum absolute atomic E-state index is 6.67. The number of para-hydroxylation sites is 1. The van der Waals surface area contributed by atoms with Crippen LogP contribution in [0.3, 0.4) is 0 Å². The summed E-state index contributed by atoms with van der Waals surface area (Å²) in [5.74, 6) is 1.78. The van der Waals surface area contributed by atoms with E-state index in [1.54, 1.807) is 0 Å². The predicted molar refractivity (Wildman–Crippen MR) is 252 cm³/mol. The Hall–Kier alpha value is -8.21. The van der Waals surface area contributed by atoms with Gasteiger partial charge in [-0.15, -0.1) is 0 Å². The molecule has 0 bridgehead atoms. The highest BCUT2D eigenvalue weighted by molar-refractivity contribution is 6.13. The third kappa shape index (κ3) is 6.12. The Kier molecular flexibility index (Phi) is 8.13. The Morgan fingerprint density at radius 2 is 0.803 bits per heavy atom. The molecule has 12 aromatic rings. The molecule has 12 rings (SSSR count). The van der Waals surface area contributed by atoms with Gasteiger partial charge in [0.15, 0.2) is 17.5 Å². The first kappa shape index (κ1) is 34.8. The molecule has 0 N–H and O–H groups in total. The summed E-state index contributed by atoms with van der Waals surface area (Å²) in [5.41, 5.74) is 11.0. The number of aromatic nitrogens is 3. The molecule has 0 aliphatic carbocycles. The molecule has 284 valence electrons. The van der Waals surface area contributed by atoms with Gasteiger partial charge in [-0.25, -0.2) is 15.0 Å². The van der Waals surface area contributed by atoms with Crippen molar-refractivity contribution < 1.29 is 4.42 Å². The van der Waals surface area contributed by atoms with Crippen molar-refractivity contribution >= 4 is 54.3 Å². The van der Waals surface area contributed by atoms with E-state index < -0.39 is 0 Å². The monoisotopic (exact) mass is 777 g/mol. The zero-order valence-corrected chi connectivity index (χ0v) is 33.0. The van der Waals surface area contributed by atoms with Gasteiger partial charge in [-0.2, -0.15) is 0 Å². The van der Waals surface area contributed by atoms with Crippen LogP contribution in [-0.2, 0) is 0 Å². The average Bonchev–Trinajstić information content (AvgIpc) is 3.72. The molecule has 0 radical (unpaired) electrons. The van der Waals surface area contributed by atoms with Crippen molar-refractivity contribution in [3.05, 3.63) is 212 Å². The van der Waals surface area contributed by atoms with Gasteiger partial charge in [-0.05, 0) is 102 Å². The van der Waals surface area contributed by atoms with Crippen LogP contribution in [0.5, 0.6) is 0 Å². The van der Waals surface area contributed by atoms with Crippen LogP contribution in [0.1, 0.15) is 0 Å². The molecular weight excluding hydrogens is 743 g/mol. The lowest BCUT2D eigenvalue weighted by molar-refractivity contribution is 0.669. The quantitative estimate of drug-likeness (QED) is 0.169. The number of hydrogen-bond acceptors (Lipinski definition) is 4. The Morgan fingerprint density at radius 1 is 0.262 bits per heavy atom. The second kappa shape index (κ2) is 14.3. The Balaban J connectivity index is 1.09. The highest BCUT2D eigenvalue weighted by atomic mass is 16.3. The van der Waals surface area contributed by atoms with Gasteiger partial charge in [0.05, 0.1) is 0 Å². The number of hydrogen-bond donors (Lipinski definition) is 0. The fourth-order valence-corrected chi connectivity index (χ4v) is 8.89. The van der Waals surface area contributed by atoms with Crippen molar-refractivity contribution in [3.63, 3.8) is 0 Å². The lowest BCUT2D eigenvalue weighted by Crippen LogP contribution is -2.01. The van der Waals surface area contributed by atoms with Crippen LogP contribution in [0.4, 0.5) is 0 Å². The first-order valence-electron chi connectivity index (χ1n) is 20.6. The number of benzene rings is 10. The molecule has 4 heteroatoms. The summed E-state index contributed by atoms with van der Waals surface area (Å²) in [7, 11) is 0. The second-order valence-corrected chi connectivity index (χ2v) is 15.6. The van der Waals surface area contributed by atoms with Gasteiger partial charge >= 0.3 is 0 Å². The molecule has 0 unspecified atom stereocenters. The minimum atomic E-state index is 0.578. The molecule has 10 aromatic carbocycles. The maximum atomic E-state index is 6.67. The van der Waals surface area contributed by atoms with E-state index in [0.29, 0.717) is 17.5 Å². The normalized spacial score (nSPS) is 11.6. The summed E-state index contributed by atoms with van der Waals surface area (Å²) in [5, 5.41) is 9.07. The average molecular weight is 778 g/mol. The van der Waals surface area contributed by atoms with Crippen molar-refractivity contribution in [1.82, 2.24) is 15.0 Å². The molecular formula is C57H35N3O. The molecule has 2 heterocycles. The summed E-state index contributed by atoms with van der Waals surface area (Å²) in [6.07, 6.45) is 0. The van der Waals surface area contributed by atoms with Crippen molar-refractivity contribution in [2.24, 2.45) is 0 Å². The van der Waals surface area contributed by atoms with Gasteiger partial charge in [-0.3, -0.25) is 0 Å². The number of rotatable bonds is 6. The van der Waals surface area contributed by atoms with E-state index in [-0.39, 0.29) is 0 Å². The fraction of sp³-hybridized carbons (Fsp3) is 0. The summed E-state index contributed by atoms with van der Waals surface area (Å²) >= 11 is 0. The molecule has 0 saturated heterocycles. The molecule has 0 saturated carbocycles. The van der Waals surface area contributed by atoms with Crippen LogP contribution >= 0.6 is 0 Å². The van der Waals surface area contributed by atoms with Crippen molar-refractivity contribution in [3.8, 4) is 67.5 Å². The largest absolute Gasteiger partial charge is 0.456 e. The van der Waals surface area contributed by atoms with Gasteiger partial charge in [0, 0.05) is 27.5 Å². The molecule has 0 atom stereocenters.